The van der Waals surface area contributed by atoms with Gasteiger partial charge in [-0.25, -0.2) is 0 Å². The third-order valence-electron chi connectivity index (χ3n) is 3.54. The summed E-state index contributed by atoms with van der Waals surface area (Å²) in [4.78, 5) is 0. The first-order valence-corrected chi connectivity index (χ1v) is 7.50. The summed E-state index contributed by atoms with van der Waals surface area (Å²) in [6.45, 7) is 6.45. The Morgan fingerprint density at radius 1 is 1.10 bits per heavy atom. The minimum atomic E-state index is 0.440. The molecule has 20 heavy (non-hydrogen) atoms. The second kappa shape index (κ2) is 6.81. The monoisotopic (exact) mass is 287 g/mol. The van der Waals surface area contributed by atoms with Crippen LogP contribution in [0.2, 0.25) is 5.02 Å². The van der Waals surface area contributed by atoms with Crippen molar-refractivity contribution in [3.05, 3.63) is 64.2 Å². The highest BCUT2D eigenvalue weighted by Crippen LogP contribution is 2.21. The highest BCUT2D eigenvalue weighted by Gasteiger charge is 2.05. The van der Waals surface area contributed by atoms with Crippen LogP contribution in [0.25, 0.3) is 0 Å². The lowest BCUT2D eigenvalue weighted by Crippen LogP contribution is -2.16. The van der Waals surface area contributed by atoms with Crippen molar-refractivity contribution in [1.29, 1.82) is 0 Å². The lowest BCUT2D eigenvalue weighted by Gasteiger charge is -2.17. The minimum Gasteiger partial charge on any atom is -0.382 e. The maximum Gasteiger partial charge on any atom is 0.0410 e. The zero-order chi connectivity index (χ0) is 14.5. The molecule has 2 aromatic carbocycles. The molecule has 0 aliphatic heterocycles. The average Bonchev–Trinajstić information content (AvgIpc) is 2.40. The zero-order valence-corrected chi connectivity index (χ0v) is 13.2. The van der Waals surface area contributed by atoms with E-state index in [2.05, 4.69) is 56.4 Å². The van der Waals surface area contributed by atoms with E-state index in [1.165, 1.54) is 22.4 Å². The van der Waals surface area contributed by atoms with E-state index in [1.54, 1.807) is 0 Å². The van der Waals surface area contributed by atoms with Gasteiger partial charge < -0.3 is 5.32 Å². The molecule has 0 amide bonds. The maximum absolute atomic E-state index is 5.98. The number of rotatable bonds is 5. The molecular formula is C18H22ClN. The molecule has 2 heteroatoms. The summed E-state index contributed by atoms with van der Waals surface area (Å²) in [6.07, 6.45) is 2.22. The normalized spacial score (nSPS) is 12.2. The molecule has 0 aliphatic carbocycles. The second-order valence-corrected chi connectivity index (χ2v) is 5.97. The van der Waals surface area contributed by atoms with Crippen molar-refractivity contribution >= 4 is 17.3 Å². The van der Waals surface area contributed by atoms with Gasteiger partial charge in [-0.15, -0.1) is 0 Å². The molecule has 0 spiro atoms. The highest BCUT2D eigenvalue weighted by molar-refractivity contribution is 6.30. The summed E-state index contributed by atoms with van der Waals surface area (Å²) < 4.78 is 0. The first kappa shape index (κ1) is 14.9. The predicted octanol–water partition coefficient (Wildman–Crippen LogP) is 5.39. The molecule has 0 fully saturated rings. The van der Waals surface area contributed by atoms with Crippen molar-refractivity contribution in [1.82, 2.24) is 0 Å². The number of hydrogen-bond donors (Lipinski definition) is 1. The number of benzene rings is 2. The van der Waals surface area contributed by atoms with Crippen molar-refractivity contribution in [2.24, 2.45) is 0 Å². The first-order valence-electron chi connectivity index (χ1n) is 7.13. The molecular weight excluding hydrogens is 266 g/mol. The number of nitrogens with one attached hydrogen (secondary N) is 1. The van der Waals surface area contributed by atoms with Crippen molar-refractivity contribution in [2.75, 3.05) is 5.32 Å². The summed E-state index contributed by atoms with van der Waals surface area (Å²) in [5.41, 5.74) is 5.11. The van der Waals surface area contributed by atoms with E-state index in [0.29, 0.717) is 6.04 Å². The average molecular weight is 288 g/mol. The van der Waals surface area contributed by atoms with Gasteiger partial charge in [0.25, 0.3) is 0 Å². The number of aryl methyl sites for hydroxylation is 3. The van der Waals surface area contributed by atoms with Gasteiger partial charge in [0.2, 0.25) is 0 Å². The standard InChI is InChI=1S/C18H22ClN/c1-13-5-4-6-16(11-13)8-7-15(3)20-18-10-9-17(19)12-14(18)2/h4-6,9-12,15,20H,7-8H2,1-3H3. The van der Waals surface area contributed by atoms with Gasteiger partial charge in [-0.3, -0.25) is 0 Å². The van der Waals surface area contributed by atoms with Crippen molar-refractivity contribution in [2.45, 2.75) is 39.7 Å². The molecule has 106 valence electrons. The van der Waals surface area contributed by atoms with Crippen molar-refractivity contribution < 1.29 is 0 Å². The van der Waals surface area contributed by atoms with Gasteiger partial charge in [-0.05, 0) is 62.9 Å². The fourth-order valence-electron chi connectivity index (χ4n) is 2.38. The quantitative estimate of drug-likeness (QED) is 0.777. The van der Waals surface area contributed by atoms with E-state index in [1.807, 2.05) is 12.1 Å². The topological polar surface area (TPSA) is 12.0 Å². The van der Waals surface area contributed by atoms with Crippen LogP contribution in [0.5, 0.6) is 0 Å². The number of anilines is 1. The fraction of sp³-hybridized carbons (Fsp3) is 0.333. The molecule has 0 aliphatic rings. The van der Waals surface area contributed by atoms with Crippen molar-refractivity contribution in [3.63, 3.8) is 0 Å². The Balaban J connectivity index is 1.90. The van der Waals surface area contributed by atoms with Gasteiger partial charge in [0.05, 0.1) is 0 Å². The lowest BCUT2D eigenvalue weighted by atomic mass is 10.0. The largest absolute Gasteiger partial charge is 0.382 e. The highest BCUT2D eigenvalue weighted by atomic mass is 35.5. The summed E-state index contributed by atoms with van der Waals surface area (Å²) in [5, 5.41) is 4.36. The molecule has 2 aromatic rings. The molecule has 1 N–H and O–H groups in total. The maximum atomic E-state index is 5.98. The molecule has 0 saturated heterocycles. The second-order valence-electron chi connectivity index (χ2n) is 5.53. The summed E-state index contributed by atoms with van der Waals surface area (Å²) in [6, 6.07) is 15.2. The van der Waals surface area contributed by atoms with Crippen LogP contribution in [0.4, 0.5) is 5.69 Å². The minimum absolute atomic E-state index is 0.440. The molecule has 2 rings (SSSR count). The van der Waals surface area contributed by atoms with Gasteiger partial charge >= 0.3 is 0 Å². The van der Waals surface area contributed by atoms with Crippen LogP contribution in [0.1, 0.15) is 30.0 Å². The van der Waals surface area contributed by atoms with Gasteiger partial charge in [-0.2, -0.15) is 0 Å². The third-order valence-corrected chi connectivity index (χ3v) is 3.77. The van der Waals surface area contributed by atoms with E-state index in [-0.39, 0.29) is 0 Å². The van der Waals surface area contributed by atoms with E-state index in [0.717, 1.165) is 17.9 Å². The molecule has 0 radical (unpaired) electrons. The van der Waals surface area contributed by atoms with Gasteiger partial charge in [0, 0.05) is 16.8 Å². The molecule has 1 unspecified atom stereocenters. The Bertz CT molecular complexity index is 577. The predicted molar refractivity (Wildman–Crippen MR) is 88.8 cm³/mol. The molecule has 0 saturated carbocycles. The smallest absolute Gasteiger partial charge is 0.0410 e. The van der Waals surface area contributed by atoms with Crippen LogP contribution in [-0.4, -0.2) is 6.04 Å². The first-order chi connectivity index (χ1) is 9.54. The number of hydrogen-bond acceptors (Lipinski definition) is 1. The van der Waals surface area contributed by atoms with Crippen LogP contribution >= 0.6 is 11.6 Å². The van der Waals surface area contributed by atoms with Crippen LogP contribution < -0.4 is 5.32 Å². The molecule has 1 atom stereocenters. The Morgan fingerprint density at radius 2 is 1.90 bits per heavy atom. The molecule has 0 bridgehead atoms. The Hall–Kier alpha value is -1.47. The molecule has 0 aromatic heterocycles. The SMILES string of the molecule is Cc1cccc(CCC(C)Nc2ccc(Cl)cc2C)c1. The van der Waals surface area contributed by atoms with Crippen molar-refractivity contribution in [3.8, 4) is 0 Å². The number of halogens is 1. The Morgan fingerprint density at radius 3 is 2.60 bits per heavy atom. The van der Waals surface area contributed by atoms with E-state index in [9.17, 15) is 0 Å². The molecule has 0 heterocycles. The van der Waals surface area contributed by atoms with Crippen LogP contribution in [0.15, 0.2) is 42.5 Å². The Kier molecular flexibility index (Phi) is 5.08. The third kappa shape index (κ3) is 4.28. The fourth-order valence-corrected chi connectivity index (χ4v) is 2.60. The Labute approximate surface area is 127 Å². The van der Waals surface area contributed by atoms with E-state index < -0.39 is 0 Å². The van der Waals surface area contributed by atoms with Crippen LogP contribution in [0, 0.1) is 13.8 Å². The van der Waals surface area contributed by atoms with E-state index >= 15 is 0 Å². The summed E-state index contributed by atoms with van der Waals surface area (Å²) in [5.74, 6) is 0. The van der Waals surface area contributed by atoms with Gasteiger partial charge in [0.15, 0.2) is 0 Å². The zero-order valence-electron chi connectivity index (χ0n) is 12.4. The summed E-state index contributed by atoms with van der Waals surface area (Å²) in [7, 11) is 0. The van der Waals surface area contributed by atoms with E-state index in [4.69, 9.17) is 11.6 Å². The summed E-state index contributed by atoms with van der Waals surface area (Å²) >= 11 is 5.98. The molecule has 1 nitrogen and oxygen atoms in total. The van der Waals surface area contributed by atoms with Gasteiger partial charge in [0.1, 0.15) is 0 Å². The van der Waals surface area contributed by atoms with Gasteiger partial charge in [-0.1, -0.05) is 41.4 Å². The van der Waals surface area contributed by atoms with Crippen LogP contribution in [-0.2, 0) is 6.42 Å². The van der Waals surface area contributed by atoms with Crippen LogP contribution in [0.3, 0.4) is 0 Å². The lowest BCUT2D eigenvalue weighted by molar-refractivity contribution is 0.705.